The third-order valence-corrected chi connectivity index (χ3v) is 8.19. The standard InChI is InChI=1S/C39H67N2O6P/c1-3-5-7-9-11-13-15-17-18-19-20-21-23-25-27-29-31-33-39(43)41-37(36-47-48(44,45)46-35-34-40)38(42)32-30-28-26-24-22-16-14-12-10-8-6-4-2/h5,7,11,13,17-18,20-22,24-25,27,30,32,37-38,42H,3-4,6,8-10,12,14-16,19,23,26,28-29,31,33-36,40H2,1-2H3,(H,41,43)(H,44,45)/b7-5-,13-11-,18-17-,21-20-,24-22+,27-25-,32-30+. The highest BCUT2D eigenvalue weighted by Gasteiger charge is 2.26. The molecule has 0 aliphatic heterocycles. The van der Waals surface area contributed by atoms with Crippen molar-refractivity contribution in [1.82, 2.24) is 5.32 Å². The molecular formula is C39H67N2O6P. The number of hydrogen-bond donors (Lipinski definition) is 4. The zero-order valence-corrected chi connectivity index (χ0v) is 30.8. The molecule has 48 heavy (non-hydrogen) atoms. The number of allylic oxidation sites excluding steroid dienone is 13. The van der Waals surface area contributed by atoms with E-state index in [1.165, 1.54) is 38.5 Å². The normalized spacial score (nSPS) is 15.4. The number of unbranched alkanes of at least 4 members (excludes halogenated alkanes) is 8. The quantitative estimate of drug-likeness (QED) is 0.0314. The van der Waals surface area contributed by atoms with Crippen molar-refractivity contribution in [2.45, 2.75) is 135 Å². The molecule has 274 valence electrons. The van der Waals surface area contributed by atoms with Crippen LogP contribution in [0.3, 0.4) is 0 Å². The summed E-state index contributed by atoms with van der Waals surface area (Å²) in [6, 6.07) is -0.910. The van der Waals surface area contributed by atoms with Crippen LogP contribution in [-0.4, -0.2) is 47.8 Å². The van der Waals surface area contributed by atoms with Crippen LogP contribution in [0.25, 0.3) is 0 Å². The molecular weight excluding hydrogens is 623 g/mol. The van der Waals surface area contributed by atoms with Gasteiger partial charge in [0.25, 0.3) is 0 Å². The fourth-order valence-electron chi connectivity index (χ4n) is 4.47. The molecule has 0 radical (unpaired) electrons. The minimum absolute atomic E-state index is 0.0602. The summed E-state index contributed by atoms with van der Waals surface area (Å²) in [5, 5.41) is 13.5. The van der Waals surface area contributed by atoms with Crippen molar-refractivity contribution in [1.29, 1.82) is 0 Å². The monoisotopic (exact) mass is 690 g/mol. The third kappa shape index (κ3) is 32.2. The number of nitrogens with one attached hydrogen (secondary N) is 1. The summed E-state index contributed by atoms with van der Waals surface area (Å²) in [7, 11) is -4.36. The van der Waals surface area contributed by atoms with Crippen molar-refractivity contribution in [3.05, 3.63) is 85.1 Å². The van der Waals surface area contributed by atoms with E-state index in [0.29, 0.717) is 6.42 Å². The topological polar surface area (TPSA) is 131 Å². The largest absolute Gasteiger partial charge is 0.472 e. The number of rotatable bonds is 32. The summed E-state index contributed by atoms with van der Waals surface area (Å²) in [5.74, 6) is -0.267. The molecule has 0 saturated carbocycles. The smallest absolute Gasteiger partial charge is 0.387 e. The highest BCUT2D eigenvalue weighted by Crippen LogP contribution is 2.43. The van der Waals surface area contributed by atoms with Crippen LogP contribution in [0.4, 0.5) is 0 Å². The Morgan fingerprint density at radius 1 is 0.708 bits per heavy atom. The van der Waals surface area contributed by atoms with Gasteiger partial charge in [0.2, 0.25) is 5.91 Å². The molecule has 3 atom stereocenters. The Bertz CT molecular complexity index is 1020. The van der Waals surface area contributed by atoms with Crippen molar-refractivity contribution in [2.24, 2.45) is 5.73 Å². The van der Waals surface area contributed by atoms with E-state index in [1.54, 1.807) is 6.08 Å². The lowest BCUT2D eigenvalue weighted by Crippen LogP contribution is -2.45. The van der Waals surface area contributed by atoms with Crippen molar-refractivity contribution >= 4 is 13.7 Å². The first-order valence-electron chi connectivity index (χ1n) is 18.2. The number of aliphatic hydroxyl groups is 1. The van der Waals surface area contributed by atoms with E-state index in [9.17, 15) is 19.4 Å². The Kier molecular flexibility index (Phi) is 32.9. The van der Waals surface area contributed by atoms with Crippen molar-refractivity contribution < 1.29 is 28.4 Å². The van der Waals surface area contributed by atoms with Gasteiger partial charge in [0.1, 0.15) is 0 Å². The fourth-order valence-corrected chi connectivity index (χ4v) is 5.23. The van der Waals surface area contributed by atoms with Gasteiger partial charge < -0.3 is 21.1 Å². The van der Waals surface area contributed by atoms with Crippen LogP contribution in [0.5, 0.6) is 0 Å². The van der Waals surface area contributed by atoms with Gasteiger partial charge in [0, 0.05) is 13.0 Å². The van der Waals surface area contributed by atoms with Gasteiger partial charge in [-0.25, -0.2) is 4.57 Å². The number of carbonyl (C=O) groups is 1. The van der Waals surface area contributed by atoms with Crippen molar-refractivity contribution in [3.63, 3.8) is 0 Å². The van der Waals surface area contributed by atoms with Crippen LogP contribution in [0.2, 0.25) is 0 Å². The number of hydrogen-bond acceptors (Lipinski definition) is 6. The van der Waals surface area contributed by atoms with Gasteiger partial charge in [-0.05, 0) is 70.6 Å². The number of carbonyl (C=O) groups excluding carboxylic acids is 1. The number of aliphatic hydroxyl groups excluding tert-OH is 1. The third-order valence-electron chi connectivity index (χ3n) is 7.20. The summed E-state index contributed by atoms with van der Waals surface area (Å²) in [6.07, 6.45) is 44.9. The van der Waals surface area contributed by atoms with Crippen LogP contribution in [-0.2, 0) is 18.4 Å². The Labute approximate surface area is 292 Å². The molecule has 0 saturated heterocycles. The number of amides is 1. The molecule has 0 heterocycles. The SMILES string of the molecule is CC/C=C\C/C=C\C/C=C\C/C=C\C/C=C\CCCC(=O)NC(COP(=O)(O)OCCN)C(O)/C=C/CC/C=C/CCCCCCCC. The molecule has 0 aromatic heterocycles. The van der Waals surface area contributed by atoms with Crippen LogP contribution >= 0.6 is 7.82 Å². The number of nitrogens with two attached hydrogens (primary N) is 1. The molecule has 0 aliphatic rings. The fraction of sp³-hybridized carbons (Fsp3) is 0.615. The van der Waals surface area contributed by atoms with Gasteiger partial charge in [-0.2, -0.15) is 0 Å². The summed E-state index contributed by atoms with van der Waals surface area (Å²) in [4.78, 5) is 22.5. The molecule has 8 nitrogen and oxygen atoms in total. The zero-order valence-electron chi connectivity index (χ0n) is 29.9. The molecule has 0 spiro atoms. The van der Waals surface area contributed by atoms with Crippen LogP contribution in [0, 0.1) is 0 Å². The predicted octanol–water partition coefficient (Wildman–Crippen LogP) is 9.49. The summed E-state index contributed by atoms with van der Waals surface area (Å²) < 4.78 is 22.0. The zero-order chi connectivity index (χ0) is 35.4. The Morgan fingerprint density at radius 3 is 1.85 bits per heavy atom. The minimum atomic E-state index is -4.36. The predicted molar refractivity (Wildman–Crippen MR) is 203 cm³/mol. The molecule has 0 bridgehead atoms. The van der Waals surface area contributed by atoms with Gasteiger partial charge in [0.05, 0.1) is 25.4 Å². The van der Waals surface area contributed by atoms with Crippen LogP contribution in [0.1, 0.15) is 123 Å². The second-order valence-electron chi connectivity index (χ2n) is 11.7. The lowest BCUT2D eigenvalue weighted by Gasteiger charge is -2.23. The van der Waals surface area contributed by atoms with E-state index in [0.717, 1.165) is 57.8 Å². The first kappa shape index (κ1) is 45.7. The summed E-state index contributed by atoms with van der Waals surface area (Å²) in [6.45, 7) is 3.89. The van der Waals surface area contributed by atoms with Crippen LogP contribution in [0.15, 0.2) is 85.1 Å². The molecule has 0 aromatic carbocycles. The Morgan fingerprint density at radius 2 is 1.23 bits per heavy atom. The molecule has 3 unspecified atom stereocenters. The van der Waals surface area contributed by atoms with Gasteiger partial charge in [-0.15, -0.1) is 0 Å². The first-order chi connectivity index (χ1) is 23.4. The average molecular weight is 691 g/mol. The van der Waals surface area contributed by atoms with E-state index >= 15 is 0 Å². The molecule has 9 heteroatoms. The van der Waals surface area contributed by atoms with E-state index in [-0.39, 0.29) is 32.1 Å². The average Bonchev–Trinajstić information content (AvgIpc) is 3.07. The van der Waals surface area contributed by atoms with E-state index in [1.807, 2.05) is 6.08 Å². The molecule has 5 N–H and O–H groups in total. The van der Waals surface area contributed by atoms with Crippen LogP contribution < -0.4 is 11.1 Å². The molecule has 0 fully saturated rings. The molecule has 0 aliphatic carbocycles. The second-order valence-corrected chi connectivity index (χ2v) is 13.1. The number of phosphoric ester groups is 1. The first-order valence-corrected chi connectivity index (χ1v) is 19.7. The maximum Gasteiger partial charge on any atom is 0.472 e. The maximum atomic E-state index is 12.7. The van der Waals surface area contributed by atoms with Crippen molar-refractivity contribution in [3.8, 4) is 0 Å². The van der Waals surface area contributed by atoms with Crippen molar-refractivity contribution in [2.75, 3.05) is 19.8 Å². The molecule has 0 rings (SSSR count). The minimum Gasteiger partial charge on any atom is -0.387 e. The lowest BCUT2D eigenvalue weighted by atomic mass is 10.1. The molecule has 1 amide bonds. The Balaban J connectivity index is 4.52. The summed E-state index contributed by atoms with van der Waals surface area (Å²) in [5.41, 5.74) is 5.34. The lowest BCUT2D eigenvalue weighted by molar-refractivity contribution is -0.122. The van der Waals surface area contributed by atoms with E-state index in [4.69, 9.17) is 14.8 Å². The van der Waals surface area contributed by atoms with Gasteiger partial charge in [-0.3, -0.25) is 13.8 Å². The van der Waals surface area contributed by atoms with E-state index in [2.05, 4.69) is 92.1 Å². The highest BCUT2D eigenvalue weighted by molar-refractivity contribution is 7.47. The van der Waals surface area contributed by atoms with Gasteiger partial charge in [0.15, 0.2) is 0 Å². The van der Waals surface area contributed by atoms with Gasteiger partial charge in [-0.1, -0.05) is 131 Å². The maximum absolute atomic E-state index is 12.7. The highest BCUT2D eigenvalue weighted by atomic mass is 31.2. The van der Waals surface area contributed by atoms with E-state index < -0.39 is 20.0 Å². The Hall–Kier alpha value is -2.32. The second kappa shape index (κ2) is 34.5. The molecule has 0 aromatic rings. The van der Waals surface area contributed by atoms with Gasteiger partial charge >= 0.3 is 7.82 Å². The summed E-state index contributed by atoms with van der Waals surface area (Å²) >= 11 is 0. The number of phosphoric acid groups is 1.